The maximum absolute atomic E-state index is 3.71. The van der Waals surface area contributed by atoms with Crippen LogP contribution in [0.5, 0.6) is 0 Å². The van der Waals surface area contributed by atoms with Crippen LogP contribution in [0.25, 0.3) is 0 Å². The molecule has 0 unspecified atom stereocenters. The highest BCUT2D eigenvalue weighted by Crippen LogP contribution is 2.12. The van der Waals surface area contributed by atoms with Crippen molar-refractivity contribution in [1.82, 2.24) is 0 Å². The van der Waals surface area contributed by atoms with E-state index in [1.165, 1.54) is 0 Å². The van der Waals surface area contributed by atoms with Crippen LogP contribution in [0.3, 0.4) is 0 Å². The molecule has 40 valence electrons. The van der Waals surface area contributed by atoms with E-state index in [-0.39, 0.29) is 0 Å². The monoisotopic (exact) mass is 160 g/mol. The van der Waals surface area contributed by atoms with E-state index < -0.39 is 0 Å². The Labute approximate surface area is 53.1 Å². The summed E-state index contributed by atoms with van der Waals surface area (Å²) in [7, 11) is 0. The summed E-state index contributed by atoms with van der Waals surface area (Å²) in [6.07, 6.45) is 1.97. The van der Waals surface area contributed by atoms with Crippen molar-refractivity contribution in [3.8, 4) is 0 Å². The first-order valence-corrected chi connectivity index (χ1v) is 2.95. The van der Waals surface area contributed by atoms with E-state index in [1.807, 2.05) is 19.9 Å². The van der Waals surface area contributed by atoms with Gasteiger partial charge < -0.3 is 0 Å². The first-order valence-electron chi connectivity index (χ1n) is 2.16. The predicted molar refractivity (Wildman–Crippen MR) is 37.5 cm³/mol. The zero-order valence-electron chi connectivity index (χ0n) is 4.66. The van der Waals surface area contributed by atoms with Crippen LogP contribution in [-0.4, -0.2) is 0 Å². The summed E-state index contributed by atoms with van der Waals surface area (Å²) < 4.78 is 1.09. The minimum atomic E-state index is 1.07. The molecular weight excluding hydrogens is 152 g/mol. The maximum Gasteiger partial charge on any atom is 0.0155 e. The van der Waals surface area contributed by atoms with Crippen molar-refractivity contribution in [2.24, 2.45) is 0 Å². The maximum atomic E-state index is 3.71. The minimum Gasteiger partial charge on any atom is -0.0950 e. The number of hydrogen-bond acceptors (Lipinski definition) is 0. The van der Waals surface area contributed by atoms with Gasteiger partial charge in [0.15, 0.2) is 0 Å². The second kappa shape index (κ2) is 3.03. The van der Waals surface area contributed by atoms with Crippen LogP contribution in [0.15, 0.2) is 22.7 Å². The zero-order valence-corrected chi connectivity index (χ0v) is 6.25. The summed E-state index contributed by atoms with van der Waals surface area (Å²) >= 11 is 3.30. The topological polar surface area (TPSA) is 0 Å². The Hall–Kier alpha value is -0.0400. The summed E-state index contributed by atoms with van der Waals surface area (Å²) in [6.45, 7) is 7.64. The second-order valence-electron chi connectivity index (χ2n) is 1.42. The van der Waals surface area contributed by atoms with Gasteiger partial charge in [0.1, 0.15) is 0 Å². The molecule has 0 aliphatic heterocycles. The molecule has 7 heavy (non-hydrogen) atoms. The molecule has 0 aromatic rings. The fourth-order valence-corrected chi connectivity index (χ4v) is 0.246. The van der Waals surface area contributed by atoms with Crippen LogP contribution < -0.4 is 0 Å². The Morgan fingerprint density at radius 3 is 2.14 bits per heavy atom. The van der Waals surface area contributed by atoms with E-state index in [0.717, 1.165) is 10.1 Å². The molecule has 0 N–H and O–H groups in total. The van der Waals surface area contributed by atoms with Crippen molar-refractivity contribution in [2.75, 3.05) is 0 Å². The molecule has 0 radical (unpaired) electrons. The van der Waals surface area contributed by atoms with E-state index in [9.17, 15) is 0 Å². The molecule has 0 aliphatic rings. The molecule has 0 nitrogen and oxygen atoms in total. The van der Waals surface area contributed by atoms with Gasteiger partial charge in [0.05, 0.1) is 0 Å². The summed E-state index contributed by atoms with van der Waals surface area (Å²) in [4.78, 5) is 0. The highest BCUT2D eigenvalue weighted by Gasteiger charge is 1.84. The van der Waals surface area contributed by atoms with Crippen molar-refractivity contribution in [2.45, 2.75) is 13.8 Å². The Kier molecular flexibility index (Phi) is 3.01. The lowest BCUT2D eigenvalue weighted by molar-refractivity contribution is 1.52. The highest BCUT2D eigenvalue weighted by molar-refractivity contribution is 9.11. The van der Waals surface area contributed by atoms with Gasteiger partial charge in [0, 0.05) is 4.48 Å². The Balaban J connectivity index is 3.82. The number of allylic oxidation sites excluding steroid dienone is 3. The van der Waals surface area contributed by atoms with Crippen molar-refractivity contribution >= 4 is 15.9 Å². The molecule has 0 atom stereocenters. The van der Waals surface area contributed by atoms with E-state index in [0.29, 0.717) is 0 Å². The standard InChI is InChI=1S/C6H9Br/c1-4-6(7)5(2)3/h4H,2H2,1,3H3/b6-4-. The normalized spacial score (nSPS) is 11.6. The number of halogens is 1. The van der Waals surface area contributed by atoms with Crippen molar-refractivity contribution in [3.05, 3.63) is 22.7 Å². The van der Waals surface area contributed by atoms with Gasteiger partial charge >= 0.3 is 0 Å². The van der Waals surface area contributed by atoms with Gasteiger partial charge in [-0.2, -0.15) is 0 Å². The van der Waals surface area contributed by atoms with Crippen LogP contribution in [0.2, 0.25) is 0 Å². The van der Waals surface area contributed by atoms with Crippen LogP contribution in [0.1, 0.15) is 13.8 Å². The SMILES string of the molecule is C=C(C)/C(Br)=C/C. The minimum absolute atomic E-state index is 1.07. The van der Waals surface area contributed by atoms with Gasteiger partial charge in [0.2, 0.25) is 0 Å². The molecule has 0 aromatic heterocycles. The average Bonchev–Trinajstić information content (AvgIpc) is 1.65. The molecule has 0 heterocycles. The molecular formula is C6H9Br. The summed E-state index contributed by atoms with van der Waals surface area (Å²) in [5, 5.41) is 0. The van der Waals surface area contributed by atoms with Gasteiger partial charge in [-0.25, -0.2) is 0 Å². The van der Waals surface area contributed by atoms with E-state index in [4.69, 9.17) is 0 Å². The van der Waals surface area contributed by atoms with Crippen LogP contribution >= 0.6 is 15.9 Å². The van der Waals surface area contributed by atoms with Gasteiger partial charge in [0.25, 0.3) is 0 Å². The van der Waals surface area contributed by atoms with E-state index in [1.54, 1.807) is 0 Å². The van der Waals surface area contributed by atoms with E-state index >= 15 is 0 Å². The summed E-state index contributed by atoms with van der Waals surface area (Å²) in [6, 6.07) is 0. The lowest BCUT2D eigenvalue weighted by Gasteiger charge is -1.89. The van der Waals surface area contributed by atoms with Gasteiger partial charge in [-0.15, -0.1) is 0 Å². The largest absolute Gasteiger partial charge is 0.0950 e. The molecule has 0 rings (SSSR count). The molecule has 1 heteroatoms. The Morgan fingerprint density at radius 1 is 1.71 bits per heavy atom. The third kappa shape index (κ3) is 2.63. The zero-order chi connectivity index (χ0) is 5.86. The first-order chi connectivity index (χ1) is 3.18. The quantitative estimate of drug-likeness (QED) is 0.518. The first kappa shape index (κ1) is 6.96. The molecule has 0 bridgehead atoms. The lowest BCUT2D eigenvalue weighted by atomic mass is 10.3. The van der Waals surface area contributed by atoms with Gasteiger partial charge in [-0.05, 0) is 19.4 Å². The third-order valence-electron chi connectivity index (χ3n) is 0.661. The van der Waals surface area contributed by atoms with Gasteiger partial charge in [-0.3, -0.25) is 0 Å². The van der Waals surface area contributed by atoms with E-state index in [2.05, 4.69) is 22.5 Å². The predicted octanol–water partition coefficient (Wildman–Crippen LogP) is 2.86. The fraction of sp³-hybridized carbons (Fsp3) is 0.333. The highest BCUT2D eigenvalue weighted by atomic mass is 79.9. The number of rotatable bonds is 1. The molecule has 0 aromatic carbocycles. The van der Waals surface area contributed by atoms with Crippen molar-refractivity contribution < 1.29 is 0 Å². The average molecular weight is 161 g/mol. The Bertz CT molecular complexity index is 101. The molecule has 0 spiro atoms. The van der Waals surface area contributed by atoms with Crippen LogP contribution in [0, 0.1) is 0 Å². The molecule has 0 fully saturated rings. The van der Waals surface area contributed by atoms with Crippen LogP contribution in [0.4, 0.5) is 0 Å². The molecule has 0 amide bonds. The summed E-state index contributed by atoms with van der Waals surface area (Å²) in [5.41, 5.74) is 1.07. The third-order valence-corrected chi connectivity index (χ3v) is 1.80. The molecule has 0 saturated carbocycles. The fourth-order valence-electron chi connectivity index (χ4n) is 0.246. The Morgan fingerprint density at radius 2 is 2.14 bits per heavy atom. The second-order valence-corrected chi connectivity index (χ2v) is 2.27. The van der Waals surface area contributed by atoms with Crippen LogP contribution in [-0.2, 0) is 0 Å². The molecule has 0 aliphatic carbocycles. The van der Waals surface area contributed by atoms with Gasteiger partial charge in [-0.1, -0.05) is 28.6 Å². The molecule has 0 saturated heterocycles. The lowest BCUT2D eigenvalue weighted by Crippen LogP contribution is -1.66. The summed E-state index contributed by atoms with van der Waals surface area (Å²) in [5.74, 6) is 0. The number of hydrogen-bond donors (Lipinski definition) is 0. The smallest absolute Gasteiger partial charge is 0.0155 e. The van der Waals surface area contributed by atoms with Crippen molar-refractivity contribution in [3.63, 3.8) is 0 Å². The van der Waals surface area contributed by atoms with Crippen molar-refractivity contribution in [1.29, 1.82) is 0 Å².